The number of hydrogen-bond acceptors (Lipinski definition) is 2. The second-order valence-corrected chi connectivity index (χ2v) is 12.5. The summed E-state index contributed by atoms with van der Waals surface area (Å²) >= 11 is 0. The summed E-state index contributed by atoms with van der Waals surface area (Å²) in [5, 5.41) is 8.90. The highest BCUT2D eigenvalue weighted by molar-refractivity contribution is 6.09. The summed E-state index contributed by atoms with van der Waals surface area (Å²) in [5.41, 5.74) is 11.4. The van der Waals surface area contributed by atoms with Crippen molar-refractivity contribution in [2.75, 3.05) is 0 Å². The van der Waals surface area contributed by atoms with E-state index < -0.39 is 0 Å². The van der Waals surface area contributed by atoms with E-state index in [0.29, 0.717) is 0 Å². The maximum atomic E-state index is 5.34. The summed E-state index contributed by atoms with van der Waals surface area (Å²) < 4.78 is 0. The van der Waals surface area contributed by atoms with Gasteiger partial charge in [0.2, 0.25) is 0 Å². The van der Waals surface area contributed by atoms with Crippen LogP contribution in [0.25, 0.3) is 54.9 Å². The van der Waals surface area contributed by atoms with Gasteiger partial charge in [-0.1, -0.05) is 152 Å². The first kappa shape index (κ1) is 28.0. The molecular weight excluding hydrogens is 581 g/mol. The first-order chi connectivity index (χ1) is 23.8. The smallest absolute Gasteiger partial charge is 0.134 e. The quantitative estimate of drug-likeness (QED) is 0.192. The molecule has 226 valence electrons. The zero-order valence-electron chi connectivity index (χ0n) is 26.3. The van der Waals surface area contributed by atoms with Crippen LogP contribution in [-0.4, -0.2) is 5.84 Å². The molecule has 0 amide bonds. The molecule has 8 aromatic carbocycles. The molecule has 0 fully saturated rings. The van der Waals surface area contributed by atoms with Gasteiger partial charge in [-0.2, -0.15) is 0 Å². The number of rotatable bonds is 5. The van der Waals surface area contributed by atoms with Crippen molar-refractivity contribution in [3.63, 3.8) is 0 Å². The molecule has 1 aliphatic rings. The molecule has 9 rings (SSSR count). The molecule has 0 aromatic heterocycles. The fourth-order valence-electron chi connectivity index (χ4n) is 7.04. The molecule has 0 saturated carbocycles. The summed E-state index contributed by atoms with van der Waals surface area (Å²) in [7, 11) is 0. The number of nitrogens with zero attached hydrogens (tertiary/aromatic N) is 1. The number of aliphatic imine (C=N–C) groups is 1. The fraction of sp³-hybridized carbons (Fsp3) is 0.0217. The summed E-state index contributed by atoms with van der Waals surface area (Å²) in [5.74, 6) is 0.868. The Kier molecular flexibility index (Phi) is 6.91. The third-order valence-corrected chi connectivity index (χ3v) is 9.49. The number of amidine groups is 1. The fourth-order valence-corrected chi connectivity index (χ4v) is 7.04. The lowest BCUT2D eigenvalue weighted by atomic mass is 9.91. The van der Waals surface area contributed by atoms with Crippen LogP contribution in [0, 0.1) is 0 Å². The Morgan fingerprint density at radius 2 is 0.938 bits per heavy atom. The van der Waals surface area contributed by atoms with Crippen LogP contribution in [0.15, 0.2) is 187 Å². The lowest BCUT2D eigenvalue weighted by molar-refractivity contribution is 0.749. The minimum atomic E-state index is -0.0312. The normalized spacial score (nSPS) is 13.9. The number of fused-ring (bicyclic) bond motifs is 4. The maximum absolute atomic E-state index is 5.34. The molecule has 0 spiro atoms. The van der Waals surface area contributed by atoms with Gasteiger partial charge in [-0.25, -0.2) is 4.99 Å². The summed E-state index contributed by atoms with van der Waals surface area (Å²) in [6, 6.07) is 65.3. The maximum Gasteiger partial charge on any atom is 0.134 e. The molecule has 48 heavy (non-hydrogen) atoms. The molecular formula is C46H32N2. The molecule has 0 radical (unpaired) electrons. The Balaban J connectivity index is 1.22. The molecule has 1 atom stereocenters. The van der Waals surface area contributed by atoms with Gasteiger partial charge in [0.1, 0.15) is 5.84 Å². The SMILES string of the molecule is c1ccc(-c2cc(C3=Nc4cc(-c5ccccc5)ccc4C(c4ccccc4)N3)cc(-c3ccc4c(ccc5ccccc54)c3)c2)cc1. The first-order valence-electron chi connectivity index (χ1n) is 16.5. The Morgan fingerprint density at radius 3 is 1.71 bits per heavy atom. The summed E-state index contributed by atoms with van der Waals surface area (Å²) in [6.45, 7) is 0. The van der Waals surface area contributed by atoms with Crippen molar-refractivity contribution in [1.29, 1.82) is 0 Å². The van der Waals surface area contributed by atoms with Gasteiger partial charge in [-0.3, -0.25) is 0 Å². The van der Waals surface area contributed by atoms with E-state index in [0.717, 1.165) is 33.8 Å². The van der Waals surface area contributed by atoms with Crippen molar-refractivity contribution in [2.45, 2.75) is 6.04 Å². The van der Waals surface area contributed by atoms with Gasteiger partial charge in [0, 0.05) is 11.1 Å². The predicted molar refractivity (Wildman–Crippen MR) is 202 cm³/mol. The van der Waals surface area contributed by atoms with Crippen molar-refractivity contribution in [3.05, 3.63) is 199 Å². The van der Waals surface area contributed by atoms with Crippen LogP contribution in [0.3, 0.4) is 0 Å². The largest absolute Gasteiger partial charge is 0.359 e. The van der Waals surface area contributed by atoms with Crippen molar-refractivity contribution in [1.82, 2.24) is 5.32 Å². The summed E-state index contributed by atoms with van der Waals surface area (Å²) in [6.07, 6.45) is 0. The third kappa shape index (κ3) is 5.14. The standard InChI is InChI=1S/C46H32N2/c1-4-12-31(13-5-1)36-23-25-43-44(30-36)47-46(48-45(43)34-17-8-3-9-18-34)40-28-38(32-14-6-2-7-15-32)27-39(29-40)35-22-24-42-37(26-35)21-20-33-16-10-11-19-41(33)42/h1-30,45H,(H,47,48). The second kappa shape index (κ2) is 11.8. The first-order valence-corrected chi connectivity index (χ1v) is 16.5. The van der Waals surface area contributed by atoms with Gasteiger partial charge in [0.15, 0.2) is 0 Å². The van der Waals surface area contributed by atoms with Gasteiger partial charge >= 0.3 is 0 Å². The highest BCUT2D eigenvalue weighted by Crippen LogP contribution is 2.39. The average molecular weight is 613 g/mol. The van der Waals surface area contributed by atoms with E-state index in [9.17, 15) is 0 Å². The Bertz CT molecular complexity index is 2460. The average Bonchev–Trinajstić information content (AvgIpc) is 3.17. The third-order valence-electron chi connectivity index (χ3n) is 9.49. The minimum absolute atomic E-state index is 0.0312. The molecule has 1 N–H and O–H groups in total. The van der Waals surface area contributed by atoms with Crippen LogP contribution >= 0.6 is 0 Å². The molecule has 0 saturated heterocycles. The van der Waals surface area contributed by atoms with Crippen LogP contribution in [0.1, 0.15) is 22.7 Å². The van der Waals surface area contributed by atoms with E-state index in [4.69, 9.17) is 4.99 Å². The van der Waals surface area contributed by atoms with Gasteiger partial charge in [0.05, 0.1) is 11.7 Å². The molecule has 8 aromatic rings. The Hall–Kier alpha value is -6.25. The van der Waals surface area contributed by atoms with E-state index in [-0.39, 0.29) is 6.04 Å². The zero-order valence-corrected chi connectivity index (χ0v) is 26.3. The lowest BCUT2D eigenvalue weighted by Gasteiger charge is -2.28. The Labute approximate surface area is 280 Å². The van der Waals surface area contributed by atoms with Crippen LogP contribution in [-0.2, 0) is 0 Å². The monoisotopic (exact) mass is 612 g/mol. The Morgan fingerprint density at radius 1 is 0.375 bits per heavy atom. The molecule has 0 aliphatic carbocycles. The van der Waals surface area contributed by atoms with Crippen LogP contribution in [0.4, 0.5) is 5.69 Å². The van der Waals surface area contributed by atoms with Crippen molar-refractivity contribution < 1.29 is 0 Å². The van der Waals surface area contributed by atoms with E-state index in [1.165, 1.54) is 49.4 Å². The van der Waals surface area contributed by atoms with E-state index >= 15 is 0 Å². The summed E-state index contributed by atoms with van der Waals surface area (Å²) in [4.78, 5) is 5.34. The number of benzene rings is 8. The van der Waals surface area contributed by atoms with E-state index in [1.807, 2.05) is 0 Å². The van der Waals surface area contributed by atoms with Gasteiger partial charge < -0.3 is 5.32 Å². The highest BCUT2D eigenvalue weighted by atomic mass is 15.1. The predicted octanol–water partition coefficient (Wildman–Crippen LogP) is 11.8. The van der Waals surface area contributed by atoms with E-state index in [1.54, 1.807) is 0 Å². The number of hydrogen-bond donors (Lipinski definition) is 1. The highest BCUT2D eigenvalue weighted by Gasteiger charge is 2.25. The van der Waals surface area contributed by atoms with Crippen molar-refractivity contribution >= 4 is 33.1 Å². The molecule has 2 nitrogen and oxygen atoms in total. The molecule has 1 heterocycles. The van der Waals surface area contributed by atoms with Crippen molar-refractivity contribution in [3.8, 4) is 33.4 Å². The van der Waals surface area contributed by atoms with Gasteiger partial charge in [0.25, 0.3) is 0 Å². The zero-order chi connectivity index (χ0) is 31.9. The van der Waals surface area contributed by atoms with Crippen molar-refractivity contribution in [2.24, 2.45) is 4.99 Å². The topological polar surface area (TPSA) is 24.4 Å². The minimum Gasteiger partial charge on any atom is -0.359 e. The lowest BCUT2D eigenvalue weighted by Crippen LogP contribution is -2.32. The molecule has 1 unspecified atom stereocenters. The van der Waals surface area contributed by atoms with Gasteiger partial charge in [-0.05, 0) is 90.8 Å². The van der Waals surface area contributed by atoms with Crippen LogP contribution in [0.2, 0.25) is 0 Å². The van der Waals surface area contributed by atoms with E-state index in [2.05, 4.69) is 187 Å². The molecule has 2 heteroatoms. The molecule has 0 bridgehead atoms. The van der Waals surface area contributed by atoms with Gasteiger partial charge in [-0.15, -0.1) is 0 Å². The van der Waals surface area contributed by atoms with Crippen LogP contribution in [0.5, 0.6) is 0 Å². The number of nitrogens with one attached hydrogen (secondary N) is 1. The van der Waals surface area contributed by atoms with Crippen LogP contribution < -0.4 is 5.32 Å². The molecule has 1 aliphatic heterocycles. The second-order valence-electron chi connectivity index (χ2n) is 12.5.